The Labute approximate surface area is 217 Å². The molecule has 1 aliphatic rings. The first-order valence-electron chi connectivity index (χ1n) is 13.1. The third-order valence-electron chi connectivity index (χ3n) is 7.58. The summed E-state index contributed by atoms with van der Waals surface area (Å²) in [5.41, 5.74) is 8.20. The SMILES string of the molecule is CCn1c(-c2ccccc2-c2ccc(C)cc2C)nc2cc(C(=O)NC3CCC(C(=O)O)CC3)ccc21. The summed E-state index contributed by atoms with van der Waals surface area (Å²) in [6.07, 6.45) is 2.58. The lowest BCUT2D eigenvalue weighted by Crippen LogP contribution is -2.38. The number of carbonyl (C=O) groups is 2. The second kappa shape index (κ2) is 10.2. The fourth-order valence-corrected chi connectivity index (χ4v) is 5.58. The molecule has 1 fully saturated rings. The van der Waals surface area contributed by atoms with Crippen LogP contribution in [0.5, 0.6) is 0 Å². The van der Waals surface area contributed by atoms with Gasteiger partial charge in [0.2, 0.25) is 0 Å². The second-order valence-electron chi connectivity index (χ2n) is 10.1. The molecule has 190 valence electrons. The molecule has 0 aliphatic heterocycles. The number of hydrogen-bond donors (Lipinski definition) is 2. The Morgan fingerprint density at radius 2 is 1.68 bits per heavy atom. The summed E-state index contributed by atoms with van der Waals surface area (Å²) < 4.78 is 2.20. The van der Waals surface area contributed by atoms with Gasteiger partial charge in [0.1, 0.15) is 5.82 Å². The molecule has 0 saturated heterocycles. The number of rotatable bonds is 6. The van der Waals surface area contributed by atoms with Crippen molar-refractivity contribution in [3.63, 3.8) is 0 Å². The highest BCUT2D eigenvalue weighted by molar-refractivity contribution is 5.98. The normalized spacial score (nSPS) is 17.6. The van der Waals surface area contributed by atoms with Crippen molar-refractivity contribution in [3.8, 4) is 22.5 Å². The molecule has 6 heteroatoms. The lowest BCUT2D eigenvalue weighted by molar-refractivity contribution is -0.142. The van der Waals surface area contributed by atoms with Crippen LogP contribution in [0, 0.1) is 19.8 Å². The zero-order valence-corrected chi connectivity index (χ0v) is 21.6. The molecule has 0 spiro atoms. The smallest absolute Gasteiger partial charge is 0.306 e. The van der Waals surface area contributed by atoms with Crippen LogP contribution in [0.2, 0.25) is 0 Å². The summed E-state index contributed by atoms with van der Waals surface area (Å²) in [6, 6.07) is 20.6. The Balaban J connectivity index is 1.47. The number of carbonyl (C=O) groups excluding carboxylic acids is 1. The molecule has 0 atom stereocenters. The Morgan fingerprint density at radius 3 is 2.35 bits per heavy atom. The van der Waals surface area contributed by atoms with Crippen molar-refractivity contribution in [1.82, 2.24) is 14.9 Å². The van der Waals surface area contributed by atoms with Crippen molar-refractivity contribution in [3.05, 3.63) is 77.4 Å². The van der Waals surface area contributed by atoms with Gasteiger partial charge in [0.05, 0.1) is 17.0 Å². The average Bonchev–Trinajstić information content (AvgIpc) is 3.27. The van der Waals surface area contributed by atoms with Crippen molar-refractivity contribution in [2.45, 2.75) is 59.0 Å². The molecule has 3 aromatic carbocycles. The Kier molecular flexibility index (Phi) is 6.83. The van der Waals surface area contributed by atoms with E-state index in [9.17, 15) is 14.7 Å². The largest absolute Gasteiger partial charge is 0.481 e. The van der Waals surface area contributed by atoms with E-state index in [2.05, 4.69) is 67.1 Å². The molecule has 0 unspecified atom stereocenters. The third-order valence-corrected chi connectivity index (χ3v) is 7.58. The second-order valence-corrected chi connectivity index (χ2v) is 10.1. The lowest BCUT2D eigenvalue weighted by atomic mass is 9.86. The zero-order valence-electron chi connectivity index (χ0n) is 21.6. The van der Waals surface area contributed by atoms with Crippen LogP contribution in [0.3, 0.4) is 0 Å². The minimum absolute atomic E-state index is 0.00665. The van der Waals surface area contributed by atoms with E-state index in [4.69, 9.17) is 4.98 Å². The first-order valence-corrected chi connectivity index (χ1v) is 13.1. The van der Waals surface area contributed by atoms with E-state index in [1.54, 1.807) is 0 Å². The Bertz CT molecular complexity index is 1480. The number of nitrogens with one attached hydrogen (secondary N) is 1. The van der Waals surface area contributed by atoms with Crippen molar-refractivity contribution in [2.75, 3.05) is 0 Å². The summed E-state index contributed by atoms with van der Waals surface area (Å²) in [6.45, 7) is 7.11. The maximum absolute atomic E-state index is 13.0. The zero-order chi connectivity index (χ0) is 26.1. The molecule has 0 radical (unpaired) electrons. The van der Waals surface area contributed by atoms with E-state index in [0.29, 0.717) is 31.2 Å². The van der Waals surface area contributed by atoms with Gasteiger partial charge in [-0.3, -0.25) is 9.59 Å². The topological polar surface area (TPSA) is 84.2 Å². The fraction of sp³-hybridized carbons (Fsp3) is 0.323. The summed E-state index contributed by atoms with van der Waals surface area (Å²) >= 11 is 0. The number of aliphatic carboxylic acids is 1. The maximum atomic E-state index is 13.0. The van der Waals surface area contributed by atoms with Crippen molar-refractivity contribution in [1.29, 1.82) is 0 Å². The standard InChI is InChI=1S/C31H33N3O3/c1-4-34-28-16-12-22(30(35)32-23-13-10-21(11-14-23)31(36)37)18-27(28)33-29(34)26-8-6-5-7-25(26)24-15-9-19(2)17-20(24)3/h5-9,12,15-18,21,23H,4,10-11,13-14H2,1-3H3,(H,32,35)(H,36,37). The van der Waals surface area contributed by atoms with Gasteiger partial charge in [0, 0.05) is 23.7 Å². The highest BCUT2D eigenvalue weighted by atomic mass is 16.4. The minimum Gasteiger partial charge on any atom is -0.481 e. The number of amides is 1. The van der Waals surface area contributed by atoms with Gasteiger partial charge >= 0.3 is 5.97 Å². The molecular weight excluding hydrogens is 462 g/mol. The molecule has 1 saturated carbocycles. The maximum Gasteiger partial charge on any atom is 0.306 e. The van der Waals surface area contributed by atoms with E-state index in [-0.39, 0.29) is 17.9 Å². The molecular formula is C31H33N3O3. The monoisotopic (exact) mass is 495 g/mol. The Morgan fingerprint density at radius 1 is 0.946 bits per heavy atom. The van der Waals surface area contributed by atoms with Crippen molar-refractivity contribution < 1.29 is 14.7 Å². The molecule has 1 aromatic heterocycles. The highest BCUT2D eigenvalue weighted by Crippen LogP contribution is 2.35. The summed E-state index contributed by atoms with van der Waals surface area (Å²) in [5.74, 6) is -0.286. The molecule has 37 heavy (non-hydrogen) atoms. The molecule has 1 heterocycles. The van der Waals surface area contributed by atoms with Crippen LogP contribution < -0.4 is 5.32 Å². The van der Waals surface area contributed by atoms with E-state index in [1.165, 1.54) is 16.7 Å². The van der Waals surface area contributed by atoms with Gasteiger partial charge in [0.15, 0.2) is 0 Å². The number of hydrogen-bond acceptors (Lipinski definition) is 3. The van der Waals surface area contributed by atoms with Gasteiger partial charge in [-0.15, -0.1) is 0 Å². The van der Waals surface area contributed by atoms with Gasteiger partial charge in [-0.25, -0.2) is 4.98 Å². The van der Waals surface area contributed by atoms with Crippen LogP contribution in [-0.4, -0.2) is 32.6 Å². The molecule has 4 aromatic rings. The number of benzene rings is 3. The van der Waals surface area contributed by atoms with Crippen molar-refractivity contribution in [2.24, 2.45) is 5.92 Å². The van der Waals surface area contributed by atoms with E-state index >= 15 is 0 Å². The molecule has 5 rings (SSSR count). The summed E-state index contributed by atoms with van der Waals surface area (Å²) in [5, 5.41) is 12.3. The first-order chi connectivity index (χ1) is 17.9. The summed E-state index contributed by atoms with van der Waals surface area (Å²) in [7, 11) is 0. The minimum atomic E-state index is -0.739. The molecule has 1 aliphatic carbocycles. The number of aromatic nitrogens is 2. The van der Waals surface area contributed by atoms with E-state index in [1.807, 2.05) is 24.3 Å². The van der Waals surface area contributed by atoms with Crippen LogP contribution in [-0.2, 0) is 11.3 Å². The van der Waals surface area contributed by atoms with Crippen LogP contribution >= 0.6 is 0 Å². The fourth-order valence-electron chi connectivity index (χ4n) is 5.58. The number of fused-ring (bicyclic) bond motifs is 1. The van der Waals surface area contributed by atoms with Crippen LogP contribution in [0.1, 0.15) is 54.1 Å². The van der Waals surface area contributed by atoms with E-state index in [0.717, 1.165) is 34.5 Å². The van der Waals surface area contributed by atoms with Gasteiger partial charge in [-0.2, -0.15) is 0 Å². The first kappa shape index (κ1) is 24.8. The number of nitrogens with zero attached hydrogens (tertiary/aromatic N) is 2. The quantitative estimate of drug-likeness (QED) is 0.325. The van der Waals surface area contributed by atoms with Gasteiger partial charge in [-0.05, 0) is 81.3 Å². The number of carboxylic acid groups (broad SMARTS) is 1. The molecule has 2 N–H and O–H groups in total. The van der Waals surface area contributed by atoms with Crippen LogP contribution in [0.4, 0.5) is 0 Å². The number of aryl methyl sites for hydroxylation is 3. The van der Waals surface area contributed by atoms with E-state index < -0.39 is 5.97 Å². The number of imidazole rings is 1. The number of carboxylic acids is 1. The van der Waals surface area contributed by atoms with Crippen LogP contribution in [0.15, 0.2) is 60.7 Å². The van der Waals surface area contributed by atoms with Crippen LogP contribution in [0.25, 0.3) is 33.5 Å². The predicted molar refractivity (Wildman–Crippen MR) is 147 cm³/mol. The molecule has 0 bridgehead atoms. The van der Waals surface area contributed by atoms with Gasteiger partial charge in [-0.1, -0.05) is 48.0 Å². The van der Waals surface area contributed by atoms with Crippen molar-refractivity contribution >= 4 is 22.9 Å². The predicted octanol–water partition coefficient (Wildman–Crippen LogP) is 6.38. The van der Waals surface area contributed by atoms with Gasteiger partial charge < -0.3 is 15.0 Å². The lowest BCUT2D eigenvalue weighted by Gasteiger charge is -2.26. The average molecular weight is 496 g/mol. The highest BCUT2D eigenvalue weighted by Gasteiger charge is 2.27. The molecule has 1 amide bonds. The molecule has 6 nitrogen and oxygen atoms in total. The van der Waals surface area contributed by atoms with Gasteiger partial charge in [0.25, 0.3) is 5.91 Å². The summed E-state index contributed by atoms with van der Waals surface area (Å²) in [4.78, 5) is 29.3. The Hall–Kier alpha value is -3.93. The third kappa shape index (κ3) is 4.88.